The van der Waals surface area contributed by atoms with E-state index in [1.807, 2.05) is 0 Å². The third kappa shape index (κ3) is 2.34. The summed E-state index contributed by atoms with van der Waals surface area (Å²) in [6.07, 6.45) is 0. The molecule has 0 fully saturated rings. The monoisotopic (exact) mass is 243 g/mol. The van der Waals surface area contributed by atoms with Gasteiger partial charge >= 0.3 is 0 Å². The van der Waals surface area contributed by atoms with Crippen LogP contribution in [0.3, 0.4) is 0 Å². The normalized spacial score (nSPS) is 16.8. The summed E-state index contributed by atoms with van der Waals surface area (Å²) in [7, 11) is 0. The Bertz CT molecular complexity index is 427. The van der Waals surface area contributed by atoms with E-state index in [1.165, 1.54) is 12.1 Å². The van der Waals surface area contributed by atoms with Crippen molar-refractivity contribution in [2.24, 2.45) is 5.73 Å². The molecule has 2 N–H and O–H groups in total. The second-order valence-electron chi connectivity index (χ2n) is 4.27. The highest BCUT2D eigenvalue weighted by atomic mass is 19.3. The molecule has 1 atom stereocenters. The van der Waals surface area contributed by atoms with E-state index in [0.717, 1.165) is 6.92 Å². The summed E-state index contributed by atoms with van der Waals surface area (Å²) in [5.41, 5.74) is 6.22. The first-order chi connectivity index (χ1) is 7.89. The van der Waals surface area contributed by atoms with E-state index < -0.39 is 5.92 Å². The number of hydrogen-bond acceptors (Lipinski definition) is 3. The summed E-state index contributed by atoms with van der Waals surface area (Å²) in [5.74, 6) is -2.08. The number of nitrogens with two attached hydrogens (primary N) is 1. The molecular formula is C12H15F2NO2. The molecule has 0 aliphatic carbocycles. The summed E-state index contributed by atoms with van der Waals surface area (Å²) in [6.45, 7) is 3.35. The average Bonchev–Trinajstić information content (AvgIpc) is 2.26. The SMILES string of the molecule is CC(N)c1cc(C(C)(F)F)cc2c1OCCO2. The highest BCUT2D eigenvalue weighted by molar-refractivity contribution is 5.52. The number of alkyl halides is 2. The van der Waals surface area contributed by atoms with Crippen LogP contribution in [0.25, 0.3) is 0 Å². The van der Waals surface area contributed by atoms with E-state index >= 15 is 0 Å². The van der Waals surface area contributed by atoms with Crippen LogP contribution in [0.1, 0.15) is 31.0 Å². The molecule has 1 heterocycles. The van der Waals surface area contributed by atoms with Crippen molar-refractivity contribution in [1.29, 1.82) is 0 Å². The Kier molecular flexibility index (Phi) is 2.95. The topological polar surface area (TPSA) is 44.5 Å². The number of fused-ring (bicyclic) bond motifs is 1. The fraction of sp³-hybridized carbons (Fsp3) is 0.500. The summed E-state index contributed by atoms with van der Waals surface area (Å²) in [6, 6.07) is 2.33. The molecule has 0 amide bonds. The quantitative estimate of drug-likeness (QED) is 0.868. The minimum absolute atomic E-state index is 0.103. The maximum Gasteiger partial charge on any atom is 0.270 e. The Morgan fingerprint density at radius 2 is 1.94 bits per heavy atom. The molecule has 1 aromatic rings. The van der Waals surface area contributed by atoms with Gasteiger partial charge in [-0.2, -0.15) is 0 Å². The van der Waals surface area contributed by atoms with Gasteiger partial charge in [-0.1, -0.05) is 0 Å². The fourth-order valence-electron chi connectivity index (χ4n) is 1.77. The number of halogens is 2. The van der Waals surface area contributed by atoms with E-state index in [4.69, 9.17) is 15.2 Å². The van der Waals surface area contributed by atoms with Crippen molar-refractivity contribution < 1.29 is 18.3 Å². The molecule has 5 heteroatoms. The molecule has 94 valence electrons. The number of rotatable bonds is 2. The van der Waals surface area contributed by atoms with Gasteiger partial charge < -0.3 is 15.2 Å². The van der Waals surface area contributed by atoms with Gasteiger partial charge in [0, 0.05) is 24.1 Å². The highest BCUT2D eigenvalue weighted by Crippen LogP contribution is 2.41. The van der Waals surface area contributed by atoms with Crippen LogP contribution in [0.15, 0.2) is 12.1 Å². The predicted octanol–water partition coefficient (Wildman–Crippen LogP) is 2.59. The third-order valence-corrected chi connectivity index (χ3v) is 2.67. The lowest BCUT2D eigenvalue weighted by atomic mass is 10.00. The van der Waals surface area contributed by atoms with Crippen LogP contribution in [0.5, 0.6) is 11.5 Å². The van der Waals surface area contributed by atoms with Gasteiger partial charge in [0.1, 0.15) is 13.2 Å². The van der Waals surface area contributed by atoms with Crippen molar-refractivity contribution in [2.75, 3.05) is 13.2 Å². The Morgan fingerprint density at radius 3 is 2.53 bits per heavy atom. The molecule has 0 radical (unpaired) electrons. The third-order valence-electron chi connectivity index (χ3n) is 2.67. The molecule has 3 nitrogen and oxygen atoms in total. The van der Waals surface area contributed by atoms with E-state index in [1.54, 1.807) is 6.92 Å². The number of ether oxygens (including phenoxy) is 2. The summed E-state index contributed by atoms with van der Waals surface area (Å²) in [5, 5.41) is 0. The molecule has 17 heavy (non-hydrogen) atoms. The zero-order valence-electron chi connectivity index (χ0n) is 9.80. The van der Waals surface area contributed by atoms with Gasteiger partial charge in [0.2, 0.25) is 0 Å². The second-order valence-corrected chi connectivity index (χ2v) is 4.27. The van der Waals surface area contributed by atoms with Crippen LogP contribution in [-0.4, -0.2) is 13.2 Å². The molecule has 0 aromatic heterocycles. The van der Waals surface area contributed by atoms with Crippen LogP contribution in [0.2, 0.25) is 0 Å². The van der Waals surface area contributed by atoms with Gasteiger partial charge in [-0.25, -0.2) is 8.78 Å². The molecule has 1 unspecified atom stereocenters. The van der Waals surface area contributed by atoms with Crippen LogP contribution >= 0.6 is 0 Å². The Hall–Kier alpha value is -1.36. The molecule has 0 spiro atoms. The molecular weight excluding hydrogens is 228 g/mol. The van der Waals surface area contributed by atoms with Gasteiger partial charge in [-0.05, 0) is 19.1 Å². The first-order valence-corrected chi connectivity index (χ1v) is 5.47. The van der Waals surface area contributed by atoms with Crippen LogP contribution in [0, 0.1) is 0 Å². The molecule has 1 aromatic carbocycles. The van der Waals surface area contributed by atoms with Crippen LogP contribution < -0.4 is 15.2 Å². The van der Waals surface area contributed by atoms with Crippen molar-refractivity contribution in [3.8, 4) is 11.5 Å². The van der Waals surface area contributed by atoms with E-state index in [9.17, 15) is 8.78 Å². The summed E-state index contributed by atoms with van der Waals surface area (Å²) >= 11 is 0. The lowest BCUT2D eigenvalue weighted by Crippen LogP contribution is -2.20. The van der Waals surface area contributed by atoms with Gasteiger partial charge in [0.25, 0.3) is 5.92 Å². The highest BCUT2D eigenvalue weighted by Gasteiger charge is 2.29. The van der Waals surface area contributed by atoms with Crippen molar-refractivity contribution >= 4 is 0 Å². The zero-order chi connectivity index (χ0) is 12.6. The molecule has 0 bridgehead atoms. The molecule has 0 saturated heterocycles. The van der Waals surface area contributed by atoms with E-state index in [-0.39, 0.29) is 11.6 Å². The van der Waals surface area contributed by atoms with Gasteiger partial charge in [0.05, 0.1) is 0 Å². The van der Waals surface area contributed by atoms with E-state index in [2.05, 4.69) is 0 Å². The zero-order valence-corrected chi connectivity index (χ0v) is 9.80. The minimum atomic E-state index is -2.92. The Morgan fingerprint density at radius 1 is 1.29 bits per heavy atom. The van der Waals surface area contributed by atoms with Gasteiger partial charge in [-0.3, -0.25) is 0 Å². The van der Waals surface area contributed by atoms with Crippen LogP contribution in [-0.2, 0) is 5.92 Å². The summed E-state index contributed by atoms with van der Waals surface area (Å²) < 4.78 is 37.4. The van der Waals surface area contributed by atoms with E-state index in [0.29, 0.717) is 30.3 Å². The summed E-state index contributed by atoms with van der Waals surface area (Å²) in [4.78, 5) is 0. The Balaban J connectivity index is 2.56. The first-order valence-electron chi connectivity index (χ1n) is 5.47. The predicted molar refractivity (Wildman–Crippen MR) is 59.6 cm³/mol. The molecule has 0 saturated carbocycles. The largest absolute Gasteiger partial charge is 0.486 e. The van der Waals surface area contributed by atoms with Crippen molar-refractivity contribution in [3.05, 3.63) is 23.3 Å². The van der Waals surface area contributed by atoms with Crippen molar-refractivity contribution in [1.82, 2.24) is 0 Å². The van der Waals surface area contributed by atoms with Gasteiger partial charge in [0.15, 0.2) is 11.5 Å². The van der Waals surface area contributed by atoms with Crippen LogP contribution in [0.4, 0.5) is 8.78 Å². The van der Waals surface area contributed by atoms with Gasteiger partial charge in [-0.15, -0.1) is 0 Å². The standard InChI is InChI=1S/C12H15F2NO2/c1-7(15)9-5-8(12(2,13)14)6-10-11(9)17-4-3-16-10/h5-7H,3-4,15H2,1-2H3. The smallest absolute Gasteiger partial charge is 0.270 e. The Labute approximate surface area is 98.5 Å². The maximum absolute atomic E-state index is 13.3. The molecule has 1 aliphatic heterocycles. The first kappa shape index (κ1) is 12.1. The lowest BCUT2D eigenvalue weighted by Gasteiger charge is -2.24. The van der Waals surface area contributed by atoms with Crippen molar-refractivity contribution in [3.63, 3.8) is 0 Å². The number of benzene rings is 1. The minimum Gasteiger partial charge on any atom is -0.486 e. The molecule has 1 aliphatic rings. The van der Waals surface area contributed by atoms with Crippen molar-refractivity contribution in [2.45, 2.75) is 25.8 Å². The average molecular weight is 243 g/mol. The lowest BCUT2D eigenvalue weighted by molar-refractivity contribution is 0.0168. The maximum atomic E-state index is 13.3. The molecule has 2 rings (SSSR count). The second kappa shape index (κ2) is 4.14. The fourth-order valence-corrected chi connectivity index (χ4v) is 1.77. The number of hydrogen-bond donors (Lipinski definition) is 1.